The molecule has 19 heavy (non-hydrogen) atoms. The van der Waals surface area contributed by atoms with Crippen molar-refractivity contribution in [3.05, 3.63) is 0 Å². The molecule has 2 unspecified atom stereocenters. The summed E-state index contributed by atoms with van der Waals surface area (Å²) in [6.07, 6.45) is 6.25. The highest BCUT2D eigenvalue weighted by atomic mass is 16.6. The summed E-state index contributed by atoms with van der Waals surface area (Å²) in [5.74, 6) is -1.23. The van der Waals surface area contributed by atoms with Crippen molar-refractivity contribution in [3.8, 4) is 0 Å². The summed E-state index contributed by atoms with van der Waals surface area (Å²) in [6.45, 7) is 5.77. The minimum absolute atomic E-state index is 0.101. The zero-order valence-electron chi connectivity index (χ0n) is 12.3. The van der Waals surface area contributed by atoms with Gasteiger partial charge in [0.05, 0.1) is 6.61 Å². The van der Waals surface area contributed by atoms with Gasteiger partial charge in [0.25, 0.3) is 0 Å². The second-order valence-electron chi connectivity index (χ2n) is 5.25. The molecule has 0 bridgehead atoms. The lowest BCUT2D eigenvalue weighted by molar-refractivity contribution is -0.166. The third-order valence-corrected chi connectivity index (χ3v) is 3.88. The first-order chi connectivity index (χ1) is 9.10. The molecular formula is C15H26O4. The first-order valence-electron chi connectivity index (χ1n) is 7.47. The molecule has 4 heteroatoms. The SMILES string of the molecule is CCOC(=O)C(CC)C(=O)OC(C)C1CCCCC1. The normalized spacial score (nSPS) is 19.5. The molecule has 0 radical (unpaired) electrons. The summed E-state index contributed by atoms with van der Waals surface area (Å²) in [4.78, 5) is 23.7. The lowest BCUT2D eigenvalue weighted by atomic mass is 9.86. The van der Waals surface area contributed by atoms with Crippen LogP contribution in [0.4, 0.5) is 0 Å². The Hall–Kier alpha value is -1.06. The Labute approximate surface area is 115 Å². The van der Waals surface area contributed by atoms with Crippen molar-refractivity contribution in [2.24, 2.45) is 11.8 Å². The lowest BCUT2D eigenvalue weighted by Crippen LogP contribution is -2.33. The van der Waals surface area contributed by atoms with E-state index in [9.17, 15) is 9.59 Å². The molecule has 1 rings (SSSR count). The molecule has 1 saturated carbocycles. The van der Waals surface area contributed by atoms with Crippen LogP contribution in [0.3, 0.4) is 0 Å². The number of esters is 2. The average Bonchev–Trinajstić information content (AvgIpc) is 2.40. The largest absolute Gasteiger partial charge is 0.465 e. The number of ether oxygens (including phenoxy) is 2. The molecule has 0 amide bonds. The Morgan fingerprint density at radius 3 is 2.26 bits per heavy atom. The quantitative estimate of drug-likeness (QED) is 0.550. The van der Waals surface area contributed by atoms with Gasteiger partial charge in [0, 0.05) is 0 Å². The van der Waals surface area contributed by atoms with E-state index in [-0.39, 0.29) is 6.10 Å². The number of carbonyl (C=O) groups excluding carboxylic acids is 2. The summed E-state index contributed by atoms with van der Waals surface area (Å²) < 4.78 is 10.4. The standard InChI is InChI=1S/C15H26O4/c1-4-13(14(16)18-5-2)15(17)19-11(3)12-9-7-6-8-10-12/h11-13H,4-10H2,1-3H3. The van der Waals surface area contributed by atoms with Crippen molar-refractivity contribution in [1.29, 1.82) is 0 Å². The van der Waals surface area contributed by atoms with Crippen LogP contribution < -0.4 is 0 Å². The maximum absolute atomic E-state index is 12.0. The van der Waals surface area contributed by atoms with Crippen LogP contribution in [0.5, 0.6) is 0 Å². The summed E-state index contributed by atoms with van der Waals surface area (Å²) >= 11 is 0. The predicted molar refractivity (Wildman–Crippen MR) is 72.5 cm³/mol. The number of rotatable bonds is 6. The summed E-state index contributed by atoms with van der Waals surface area (Å²) in [7, 11) is 0. The number of hydrogen-bond acceptors (Lipinski definition) is 4. The molecule has 0 spiro atoms. The van der Waals surface area contributed by atoms with E-state index in [2.05, 4.69) is 0 Å². The fourth-order valence-corrected chi connectivity index (χ4v) is 2.64. The van der Waals surface area contributed by atoms with E-state index in [1.165, 1.54) is 19.3 Å². The zero-order chi connectivity index (χ0) is 14.3. The van der Waals surface area contributed by atoms with E-state index in [0.29, 0.717) is 18.9 Å². The van der Waals surface area contributed by atoms with Gasteiger partial charge in [-0.3, -0.25) is 9.59 Å². The topological polar surface area (TPSA) is 52.6 Å². The maximum atomic E-state index is 12.0. The summed E-state index contributed by atoms with van der Waals surface area (Å²) in [6, 6.07) is 0. The van der Waals surface area contributed by atoms with Crippen LogP contribution in [-0.4, -0.2) is 24.6 Å². The fraction of sp³-hybridized carbons (Fsp3) is 0.867. The molecule has 0 N–H and O–H groups in total. The predicted octanol–water partition coefficient (Wildman–Crippen LogP) is 3.09. The first kappa shape index (κ1) is 16.0. The van der Waals surface area contributed by atoms with Crippen LogP contribution in [0.1, 0.15) is 59.3 Å². The molecule has 1 aliphatic carbocycles. The van der Waals surface area contributed by atoms with Gasteiger partial charge >= 0.3 is 11.9 Å². The minimum atomic E-state index is -0.772. The van der Waals surface area contributed by atoms with Crippen LogP contribution in [0.25, 0.3) is 0 Å². The smallest absolute Gasteiger partial charge is 0.320 e. The van der Waals surface area contributed by atoms with E-state index in [0.717, 1.165) is 12.8 Å². The highest BCUT2D eigenvalue weighted by molar-refractivity contribution is 5.94. The zero-order valence-corrected chi connectivity index (χ0v) is 12.3. The van der Waals surface area contributed by atoms with Crippen LogP contribution >= 0.6 is 0 Å². The van der Waals surface area contributed by atoms with Gasteiger partial charge in [0.2, 0.25) is 0 Å². The molecule has 4 nitrogen and oxygen atoms in total. The second kappa shape index (κ2) is 8.18. The summed E-state index contributed by atoms with van der Waals surface area (Å²) in [5.41, 5.74) is 0. The van der Waals surface area contributed by atoms with Gasteiger partial charge in [-0.15, -0.1) is 0 Å². The van der Waals surface area contributed by atoms with E-state index in [1.807, 2.05) is 6.92 Å². The number of hydrogen-bond donors (Lipinski definition) is 0. The Bertz CT molecular complexity index is 295. The fourth-order valence-electron chi connectivity index (χ4n) is 2.64. The van der Waals surface area contributed by atoms with Gasteiger partial charge in [-0.25, -0.2) is 0 Å². The molecule has 0 aromatic carbocycles. The van der Waals surface area contributed by atoms with Crippen molar-refractivity contribution < 1.29 is 19.1 Å². The molecule has 0 aromatic rings. The van der Waals surface area contributed by atoms with Crippen LogP contribution in [-0.2, 0) is 19.1 Å². The lowest BCUT2D eigenvalue weighted by Gasteiger charge is -2.28. The highest BCUT2D eigenvalue weighted by Gasteiger charge is 2.31. The van der Waals surface area contributed by atoms with E-state index in [4.69, 9.17) is 9.47 Å². The monoisotopic (exact) mass is 270 g/mol. The van der Waals surface area contributed by atoms with Crippen LogP contribution in [0.15, 0.2) is 0 Å². The minimum Gasteiger partial charge on any atom is -0.465 e. The van der Waals surface area contributed by atoms with Gasteiger partial charge in [-0.2, -0.15) is 0 Å². The molecule has 0 heterocycles. The van der Waals surface area contributed by atoms with Crippen molar-refractivity contribution in [2.45, 2.75) is 65.4 Å². The molecule has 110 valence electrons. The Balaban J connectivity index is 2.48. The second-order valence-corrected chi connectivity index (χ2v) is 5.25. The van der Waals surface area contributed by atoms with Crippen molar-refractivity contribution in [2.75, 3.05) is 6.61 Å². The first-order valence-corrected chi connectivity index (χ1v) is 7.47. The molecule has 1 fully saturated rings. The third kappa shape index (κ3) is 4.84. The van der Waals surface area contributed by atoms with Crippen molar-refractivity contribution in [3.63, 3.8) is 0 Å². The van der Waals surface area contributed by atoms with E-state index in [1.54, 1.807) is 13.8 Å². The summed E-state index contributed by atoms with van der Waals surface area (Å²) in [5, 5.41) is 0. The third-order valence-electron chi connectivity index (χ3n) is 3.88. The molecular weight excluding hydrogens is 244 g/mol. The van der Waals surface area contributed by atoms with Crippen LogP contribution in [0, 0.1) is 11.8 Å². The molecule has 0 aliphatic heterocycles. The van der Waals surface area contributed by atoms with Crippen molar-refractivity contribution >= 4 is 11.9 Å². The number of carbonyl (C=O) groups is 2. The van der Waals surface area contributed by atoms with Gasteiger partial charge < -0.3 is 9.47 Å². The molecule has 0 aromatic heterocycles. The van der Waals surface area contributed by atoms with Crippen LogP contribution in [0.2, 0.25) is 0 Å². The molecule has 2 atom stereocenters. The van der Waals surface area contributed by atoms with E-state index >= 15 is 0 Å². The Morgan fingerprint density at radius 1 is 1.11 bits per heavy atom. The van der Waals surface area contributed by atoms with Gasteiger partial charge in [0.15, 0.2) is 5.92 Å². The molecule has 1 aliphatic rings. The highest BCUT2D eigenvalue weighted by Crippen LogP contribution is 2.28. The molecule has 0 saturated heterocycles. The Morgan fingerprint density at radius 2 is 1.74 bits per heavy atom. The Kier molecular flexibility index (Phi) is 6.89. The van der Waals surface area contributed by atoms with Crippen molar-refractivity contribution in [1.82, 2.24) is 0 Å². The average molecular weight is 270 g/mol. The van der Waals surface area contributed by atoms with Gasteiger partial charge in [-0.1, -0.05) is 26.2 Å². The van der Waals surface area contributed by atoms with E-state index < -0.39 is 17.9 Å². The maximum Gasteiger partial charge on any atom is 0.320 e. The van der Waals surface area contributed by atoms with Gasteiger partial charge in [0.1, 0.15) is 6.10 Å². The van der Waals surface area contributed by atoms with Gasteiger partial charge in [-0.05, 0) is 39.0 Å².